The molecule has 0 saturated carbocycles. The standard InChI is InChI=1S/C19H23ClN4O2/c1-4-5-12-24-19(20)17(13(2)23-24)10-11-18(26)22-16-8-6-15(7-9-16)21-14(3)25/h6-11H,4-5,12H2,1-3H3,(H,21,25)(H,22,26)/b11-10+. The predicted molar refractivity (Wildman–Crippen MR) is 105 cm³/mol. The van der Waals surface area contributed by atoms with Crippen LogP contribution in [-0.2, 0) is 16.1 Å². The number of aromatic nitrogens is 2. The zero-order valence-electron chi connectivity index (χ0n) is 15.2. The number of benzene rings is 1. The van der Waals surface area contributed by atoms with Crippen LogP contribution >= 0.6 is 11.6 Å². The number of rotatable bonds is 7. The summed E-state index contributed by atoms with van der Waals surface area (Å²) >= 11 is 6.35. The van der Waals surface area contributed by atoms with Crippen molar-refractivity contribution in [2.24, 2.45) is 0 Å². The maximum absolute atomic E-state index is 12.1. The second-order valence-corrected chi connectivity index (χ2v) is 6.31. The first-order chi connectivity index (χ1) is 12.4. The number of anilines is 2. The Morgan fingerprint density at radius 1 is 1.19 bits per heavy atom. The van der Waals surface area contributed by atoms with Crippen LogP contribution in [0, 0.1) is 6.92 Å². The van der Waals surface area contributed by atoms with E-state index in [4.69, 9.17) is 11.6 Å². The molecule has 0 atom stereocenters. The third-order valence-electron chi connectivity index (χ3n) is 3.71. The van der Waals surface area contributed by atoms with Gasteiger partial charge in [-0.05, 0) is 43.7 Å². The van der Waals surface area contributed by atoms with E-state index in [2.05, 4.69) is 22.7 Å². The summed E-state index contributed by atoms with van der Waals surface area (Å²) in [5, 5.41) is 10.4. The van der Waals surface area contributed by atoms with Crippen molar-refractivity contribution in [1.82, 2.24) is 9.78 Å². The molecule has 1 aromatic carbocycles. The van der Waals surface area contributed by atoms with E-state index in [-0.39, 0.29) is 11.8 Å². The molecule has 0 bridgehead atoms. The first-order valence-electron chi connectivity index (χ1n) is 8.50. The Morgan fingerprint density at radius 2 is 1.81 bits per heavy atom. The lowest BCUT2D eigenvalue weighted by atomic mass is 10.2. The molecule has 0 aliphatic rings. The average Bonchev–Trinajstić information content (AvgIpc) is 2.86. The fourth-order valence-electron chi connectivity index (χ4n) is 2.40. The van der Waals surface area contributed by atoms with E-state index in [1.54, 1.807) is 35.0 Å². The Kier molecular flexibility index (Phi) is 6.97. The van der Waals surface area contributed by atoms with Gasteiger partial charge < -0.3 is 10.6 Å². The van der Waals surface area contributed by atoms with Crippen molar-refractivity contribution in [3.63, 3.8) is 0 Å². The van der Waals surface area contributed by atoms with Gasteiger partial charge in [0.2, 0.25) is 11.8 Å². The number of amides is 2. The smallest absolute Gasteiger partial charge is 0.248 e. The van der Waals surface area contributed by atoms with Crippen LogP contribution in [0.1, 0.15) is 37.9 Å². The topological polar surface area (TPSA) is 76.0 Å². The highest BCUT2D eigenvalue weighted by Crippen LogP contribution is 2.22. The van der Waals surface area contributed by atoms with E-state index >= 15 is 0 Å². The Hall–Kier alpha value is -2.60. The monoisotopic (exact) mass is 374 g/mol. The molecule has 0 aliphatic carbocycles. The molecule has 138 valence electrons. The molecule has 0 aliphatic heterocycles. The number of unbranched alkanes of at least 4 members (excludes halogenated alkanes) is 1. The minimum absolute atomic E-state index is 0.142. The predicted octanol–water partition coefficient (Wildman–Crippen LogP) is 4.26. The van der Waals surface area contributed by atoms with Crippen LogP contribution in [0.5, 0.6) is 0 Å². The van der Waals surface area contributed by atoms with Gasteiger partial charge in [-0.1, -0.05) is 24.9 Å². The molecule has 0 saturated heterocycles. The van der Waals surface area contributed by atoms with Crippen LogP contribution in [0.2, 0.25) is 5.15 Å². The summed E-state index contributed by atoms with van der Waals surface area (Å²) < 4.78 is 1.76. The lowest BCUT2D eigenvalue weighted by molar-refractivity contribution is -0.114. The van der Waals surface area contributed by atoms with Crippen LogP contribution in [0.4, 0.5) is 11.4 Å². The first kappa shape index (κ1) is 19.7. The van der Waals surface area contributed by atoms with E-state index in [1.807, 2.05) is 6.92 Å². The van der Waals surface area contributed by atoms with E-state index in [1.165, 1.54) is 13.0 Å². The SMILES string of the molecule is CCCCn1nc(C)c(/C=C/C(=O)Nc2ccc(NC(C)=O)cc2)c1Cl. The molecule has 2 amide bonds. The lowest BCUT2D eigenvalue weighted by Crippen LogP contribution is -2.08. The van der Waals surface area contributed by atoms with Crippen molar-refractivity contribution in [3.8, 4) is 0 Å². The lowest BCUT2D eigenvalue weighted by Gasteiger charge is -2.05. The maximum atomic E-state index is 12.1. The van der Waals surface area contributed by atoms with Gasteiger partial charge in [-0.15, -0.1) is 0 Å². The van der Waals surface area contributed by atoms with Crippen molar-refractivity contribution in [1.29, 1.82) is 0 Å². The van der Waals surface area contributed by atoms with E-state index in [0.29, 0.717) is 16.5 Å². The van der Waals surface area contributed by atoms with Gasteiger partial charge in [0.25, 0.3) is 0 Å². The number of aryl methyl sites for hydroxylation is 2. The van der Waals surface area contributed by atoms with Crippen molar-refractivity contribution in [2.45, 2.75) is 40.2 Å². The van der Waals surface area contributed by atoms with Gasteiger partial charge in [0.1, 0.15) is 5.15 Å². The second-order valence-electron chi connectivity index (χ2n) is 5.95. The number of hydrogen-bond acceptors (Lipinski definition) is 3. The normalized spacial score (nSPS) is 10.9. The molecule has 0 radical (unpaired) electrons. The Morgan fingerprint density at radius 3 is 2.38 bits per heavy atom. The minimum Gasteiger partial charge on any atom is -0.326 e. The van der Waals surface area contributed by atoms with Gasteiger partial charge in [-0.2, -0.15) is 5.10 Å². The van der Waals surface area contributed by atoms with E-state index in [9.17, 15) is 9.59 Å². The number of halogens is 1. The van der Waals surface area contributed by atoms with E-state index < -0.39 is 0 Å². The molecular weight excluding hydrogens is 352 g/mol. The minimum atomic E-state index is -0.269. The molecule has 7 heteroatoms. The number of nitrogens with one attached hydrogen (secondary N) is 2. The number of hydrogen-bond donors (Lipinski definition) is 2. The number of carbonyl (C=O) groups is 2. The van der Waals surface area contributed by atoms with Crippen molar-refractivity contribution in [2.75, 3.05) is 10.6 Å². The zero-order valence-corrected chi connectivity index (χ0v) is 15.9. The van der Waals surface area contributed by atoms with Crippen molar-refractivity contribution >= 4 is 40.9 Å². The molecular formula is C19H23ClN4O2. The third-order valence-corrected chi connectivity index (χ3v) is 4.11. The molecule has 2 N–H and O–H groups in total. The summed E-state index contributed by atoms with van der Waals surface area (Å²) in [5.41, 5.74) is 2.84. The molecule has 1 heterocycles. The molecule has 2 aromatic rings. The van der Waals surface area contributed by atoms with Crippen molar-refractivity contribution in [3.05, 3.63) is 46.8 Å². The summed E-state index contributed by atoms with van der Waals surface area (Å²) in [6.45, 7) is 6.18. The summed E-state index contributed by atoms with van der Waals surface area (Å²) in [4.78, 5) is 23.1. The van der Waals surface area contributed by atoms with Crippen LogP contribution in [0.25, 0.3) is 6.08 Å². The van der Waals surface area contributed by atoms with Gasteiger partial charge >= 0.3 is 0 Å². The Balaban J connectivity index is 2.01. The number of carbonyl (C=O) groups excluding carboxylic acids is 2. The Labute approximate surface area is 158 Å². The molecule has 26 heavy (non-hydrogen) atoms. The van der Waals surface area contributed by atoms with Crippen LogP contribution in [0.15, 0.2) is 30.3 Å². The quantitative estimate of drug-likeness (QED) is 0.711. The van der Waals surface area contributed by atoms with Gasteiger partial charge in [-0.25, -0.2) is 0 Å². The highest BCUT2D eigenvalue weighted by molar-refractivity contribution is 6.31. The highest BCUT2D eigenvalue weighted by atomic mass is 35.5. The average molecular weight is 375 g/mol. The molecule has 6 nitrogen and oxygen atoms in total. The second kappa shape index (κ2) is 9.20. The van der Waals surface area contributed by atoms with Gasteiger partial charge in [0.15, 0.2) is 0 Å². The van der Waals surface area contributed by atoms with Crippen LogP contribution < -0.4 is 10.6 Å². The summed E-state index contributed by atoms with van der Waals surface area (Å²) in [6, 6.07) is 6.88. The fraction of sp³-hybridized carbons (Fsp3) is 0.316. The molecule has 0 unspecified atom stereocenters. The largest absolute Gasteiger partial charge is 0.326 e. The van der Waals surface area contributed by atoms with Gasteiger partial charge in [-0.3, -0.25) is 14.3 Å². The van der Waals surface area contributed by atoms with Crippen LogP contribution in [0.3, 0.4) is 0 Å². The first-order valence-corrected chi connectivity index (χ1v) is 8.88. The van der Waals surface area contributed by atoms with Gasteiger partial charge in [0, 0.05) is 36.5 Å². The molecule has 0 spiro atoms. The maximum Gasteiger partial charge on any atom is 0.248 e. The molecule has 0 fully saturated rings. The van der Waals surface area contributed by atoms with E-state index in [0.717, 1.165) is 30.6 Å². The van der Waals surface area contributed by atoms with Gasteiger partial charge in [0.05, 0.1) is 5.69 Å². The number of nitrogens with zero attached hydrogens (tertiary/aromatic N) is 2. The fourth-order valence-corrected chi connectivity index (χ4v) is 2.72. The van der Waals surface area contributed by atoms with Crippen molar-refractivity contribution < 1.29 is 9.59 Å². The summed E-state index contributed by atoms with van der Waals surface area (Å²) in [7, 11) is 0. The molecule has 2 rings (SSSR count). The summed E-state index contributed by atoms with van der Waals surface area (Å²) in [6.07, 6.45) is 5.17. The summed E-state index contributed by atoms with van der Waals surface area (Å²) in [5.74, 6) is -0.412. The molecule has 1 aromatic heterocycles. The Bertz CT molecular complexity index is 810. The third kappa shape index (κ3) is 5.46. The highest BCUT2D eigenvalue weighted by Gasteiger charge is 2.11. The zero-order chi connectivity index (χ0) is 19.1. The van der Waals surface area contributed by atoms with Crippen LogP contribution in [-0.4, -0.2) is 21.6 Å².